The zero-order chi connectivity index (χ0) is 19.5. The second kappa shape index (κ2) is 5.89. The summed E-state index contributed by atoms with van der Waals surface area (Å²) in [6.45, 7) is 0. The van der Waals surface area contributed by atoms with Gasteiger partial charge in [0.2, 0.25) is 0 Å². The summed E-state index contributed by atoms with van der Waals surface area (Å²) in [5.41, 5.74) is 8.05. The monoisotopic (exact) mass is 376 g/mol. The maximum atomic E-state index is 12.0. The fourth-order valence-electron chi connectivity index (χ4n) is 4.71. The van der Waals surface area contributed by atoms with Crippen molar-refractivity contribution in [1.82, 2.24) is 0 Å². The number of carbonyl (C=O) groups excluding carboxylic acids is 2. The average molecular weight is 376 g/mol. The molecular weight excluding hydrogens is 360 g/mol. The second-order valence-electron chi connectivity index (χ2n) is 7.59. The van der Waals surface area contributed by atoms with E-state index in [1.54, 1.807) is 12.1 Å². The number of benzene rings is 4. The minimum Gasteiger partial charge on any atom is -0.386 e. The summed E-state index contributed by atoms with van der Waals surface area (Å²) in [7, 11) is 0. The molecule has 0 saturated carbocycles. The van der Waals surface area contributed by atoms with Gasteiger partial charge in [0.25, 0.3) is 0 Å². The van der Waals surface area contributed by atoms with Crippen LogP contribution in [0.15, 0.2) is 72.8 Å². The van der Waals surface area contributed by atoms with Crippen molar-refractivity contribution < 1.29 is 14.3 Å². The molecule has 1 aliphatic heterocycles. The standard InChI is InChI=1S/C26H16O3/c27-25-23-11-9-16(14-24(23)26(28)29-25)18-6-3-7-19-21(18)13-12-20-17-5-2-1-4-15(17)8-10-22(19)20/h1-7,9,11-14H,8,10H2. The number of ether oxygens (including phenoxy) is 1. The van der Waals surface area contributed by atoms with Crippen molar-refractivity contribution in [2.75, 3.05) is 0 Å². The van der Waals surface area contributed by atoms with Gasteiger partial charge in [0, 0.05) is 0 Å². The average Bonchev–Trinajstić information content (AvgIpc) is 3.05. The fourth-order valence-corrected chi connectivity index (χ4v) is 4.71. The molecule has 1 heterocycles. The number of esters is 2. The van der Waals surface area contributed by atoms with Gasteiger partial charge < -0.3 is 4.74 Å². The van der Waals surface area contributed by atoms with Crippen LogP contribution < -0.4 is 0 Å². The van der Waals surface area contributed by atoms with Gasteiger partial charge in [-0.1, -0.05) is 60.7 Å². The zero-order valence-corrected chi connectivity index (χ0v) is 15.6. The molecule has 0 fully saturated rings. The Balaban J connectivity index is 1.57. The van der Waals surface area contributed by atoms with Crippen molar-refractivity contribution in [3.8, 4) is 22.3 Å². The lowest BCUT2D eigenvalue weighted by atomic mass is 9.82. The Labute approximate surface area is 167 Å². The van der Waals surface area contributed by atoms with Gasteiger partial charge in [-0.05, 0) is 69.1 Å². The number of hydrogen-bond acceptors (Lipinski definition) is 3. The van der Waals surface area contributed by atoms with Gasteiger partial charge in [-0.3, -0.25) is 0 Å². The Morgan fingerprint density at radius 1 is 0.586 bits per heavy atom. The molecule has 4 aromatic rings. The molecule has 1 aliphatic carbocycles. The second-order valence-corrected chi connectivity index (χ2v) is 7.59. The van der Waals surface area contributed by atoms with E-state index in [-0.39, 0.29) is 0 Å². The Bertz CT molecular complexity index is 1360. The molecule has 0 N–H and O–H groups in total. The van der Waals surface area contributed by atoms with E-state index < -0.39 is 11.9 Å². The lowest BCUT2D eigenvalue weighted by molar-refractivity contribution is 0.0444. The maximum absolute atomic E-state index is 12.0. The Morgan fingerprint density at radius 2 is 1.38 bits per heavy atom. The predicted octanol–water partition coefficient (Wildman–Crippen LogP) is 5.58. The molecule has 0 atom stereocenters. The molecule has 0 bridgehead atoms. The molecule has 0 radical (unpaired) electrons. The van der Waals surface area contributed by atoms with E-state index in [2.05, 4.69) is 54.6 Å². The summed E-state index contributed by atoms with van der Waals surface area (Å²) in [4.78, 5) is 23.7. The minimum absolute atomic E-state index is 0.341. The predicted molar refractivity (Wildman–Crippen MR) is 112 cm³/mol. The molecule has 0 saturated heterocycles. The maximum Gasteiger partial charge on any atom is 0.346 e. The van der Waals surface area contributed by atoms with Crippen LogP contribution in [0.25, 0.3) is 33.0 Å². The highest BCUT2D eigenvalue weighted by atomic mass is 16.6. The van der Waals surface area contributed by atoms with Crippen molar-refractivity contribution in [1.29, 1.82) is 0 Å². The molecule has 0 aromatic heterocycles. The van der Waals surface area contributed by atoms with Crippen LogP contribution in [0, 0.1) is 0 Å². The van der Waals surface area contributed by atoms with E-state index in [1.807, 2.05) is 6.07 Å². The third kappa shape index (κ3) is 2.31. The largest absolute Gasteiger partial charge is 0.386 e. The normalized spacial score (nSPS) is 14.3. The summed E-state index contributed by atoms with van der Waals surface area (Å²) in [6.07, 6.45) is 2.05. The van der Waals surface area contributed by atoms with Crippen LogP contribution in [0.3, 0.4) is 0 Å². The molecule has 0 unspecified atom stereocenters. The van der Waals surface area contributed by atoms with E-state index in [4.69, 9.17) is 4.74 Å². The first kappa shape index (κ1) is 16.3. The molecule has 3 heteroatoms. The minimum atomic E-state index is -0.568. The van der Waals surface area contributed by atoms with Crippen LogP contribution in [-0.2, 0) is 17.6 Å². The summed E-state index contributed by atoms with van der Waals surface area (Å²) < 4.78 is 4.74. The quantitative estimate of drug-likeness (QED) is 0.322. The summed E-state index contributed by atoms with van der Waals surface area (Å²) in [5, 5.41) is 2.40. The molecule has 2 aliphatic rings. The number of carbonyl (C=O) groups is 2. The van der Waals surface area contributed by atoms with E-state index >= 15 is 0 Å². The summed E-state index contributed by atoms with van der Waals surface area (Å²) >= 11 is 0. The van der Waals surface area contributed by atoms with E-state index in [0.717, 1.165) is 29.4 Å². The molecular formula is C26H16O3. The Kier molecular flexibility index (Phi) is 3.30. The molecule has 0 amide bonds. The first-order valence-electron chi connectivity index (χ1n) is 9.74. The first-order valence-corrected chi connectivity index (χ1v) is 9.74. The highest BCUT2D eigenvalue weighted by molar-refractivity contribution is 6.15. The van der Waals surface area contributed by atoms with Crippen LogP contribution >= 0.6 is 0 Å². The van der Waals surface area contributed by atoms with Crippen LogP contribution in [-0.4, -0.2) is 11.9 Å². The van der Waals surface area contributed by atoms with Gasteiger partial charge in [-0.15, -0.1) is 0 Å². The van der Waals surface area contributed by atoms with Gasteiger partial charge in [0.05, 0.1) is 11.1 Å². The lowest BCUT2D eigenvalue weighted by Gasteiger charge is -2.22. The molecule has 6 rings (SSSR count). The van der Waals surface area contributed by atoms with Crippen molar-refractivity contribution in [3.63, 3.8) is 0 Å². The van der Waals surface area contributed by atoms with Crippen molar-refractivity contribution >= 4 is 22.7 Å². The van der Waals surface area contributed by atoms with Crippen molar-refractivity contribution in [2.45, 2.75) is 12.8 Å². The number of rotatable bonds is 1. The fraction of sp³-hybridized carbons (Fsp3) is 0.0769. The Morgan fingerprint density at radius 3 is 2.31 bits per heavy atom. The molecule has 3 nitrogen and oxygen atoms in total. The zero-order valence-electron chi connectivity index (χ0n) is 15.6. The first-order chi connectivity index (χ1) is 14.2. The Hall–Kier alpha value is -3.72. The van der Waals surface area contributed by atoms with Crippen molar-refractivity contribution in [2.24, 2.45) is 0 Å². The molecule has 138 valence electrons. The smallest absolute Gasteiger partial charge is 0.346 e. The summed E-state index contributed by atoms with van der Waals surface area (Å²) in [5.74, 6) is -1.14. The topological polar surface area (TPSA) is 43.4 Å². The number of hydrogen-bond donors (Lipinski definition) is 0. The number of cyclic esters (lactones) is 2. The highest BCUT2D eigenvalue weighted by Gasteiger charge is 2.30. The number of aryl methyl sites for hydroxylation is 2. The third-order valence-corrected chi connectivity index (χ3v) is 6.08. The summed E-state index contributed by atoms with van der Waals surface area (Å²) in [6, 6.07) is 24.6. The molecule has 29 heavy (non-hydrogen) atoms. The van der Waals surface area contributed by atoms with Crippen molar-refractivity contribution in [3.05, 3.63) is 95.1 Å². The van der Waals surface area contributed by atoms with Gasteiger partial charge in [-0.25, -0.2) is 9.59 Å². The van der Waals surface area contributed by atoms with E-state index in [1.165, 1.54) is 27.6 Å². The third-order valence-electron chi connectivity index (χ3n) is 6.08. The van der Waals surface area contributed by atoms with Gasteiger partial charge >= 0.3 is 11.9 Å². The molecule has 0 spiro atoms. The van der Waals surface area contributed by atoms with Crippen LogP contribution in [0.5, 0.6) is 0 Å². The molecule has 4 aromatic carbocycles. The van der Waals surface area contributed by atoms with Crippen LogP contribution in [0.2, 0.25) is 0 Å². The van der Waals surface area contributed by atoms with Crippen LogP contribution in [0.1, 0.15) is 31.8 Å². The van der Waals surface area contributed by atoms with Crippen LogP contribution in [0.4, 0.5) is 0 Å². The number of fused-ring (bicyclic) bond motifs is 6. The van der Waals surface area contributed by atoms with Gasteiger partial charge in [-0.2, -0.15) is 0 Å². The van der Waals surface area contributed by atoms with E-state index in [9.17, 15) is 9.59 Å². The van der Waals surface area contributed by atoms with E-state index in [0.29, 0.717) is 11.1 Å². The SMILES string of the molecule is O=C1OC(=O)c2cc(-c3cccc4c5c(ccc34)-c3ccccc3CC5)ccc21. The van der Waals surface area contributed by atoms with Gasteiger partial charge in [0.1, 0.15) is 0 Å². The van der Waals surface area contributed by atoms with Gasteiger partial charge in [0.15, 0.2) is 0 Å². The highest BCUT2D eigenvalue weighted by Crippen LogP contribution is 2.40. The lowest BCUT2D eigenvalue weighted by Crippen LogP contribution is -2.04.